The van der Waals surface area contributed by atoms with Gasteiger partial charge in [-0.2, -0.15) is 0 Å². The Morgan fingerprint density at radius 1 is 0.479 bits per heavy atom. The number of amides is 1. The van der Waals surface area contributed by atoms with Gasteiger partial charge in [0.25, 0.3) is 0 Å². The van der Waals surface area contributed by atoms with Gasteiger partial charge >= 0.3 is 0 Å². The van der Waals surface area contributed by atoms with Crippen LogP contribution in [-0.4, -0.2) is 193 Å². The maximum absolute atomic E-state index is 13.3. The number of carbonyl (C=O) groups is 1. The number of hydrogen-bond acceptors (Lipinski definition) is 18. The zero-order valence-corrected chi connectivity index (χ0v) is 44.4. The number of aliphatic hydroxyl groups excluding tert-OH is 11. The summed E-state index contributed by atoms with van der Waals surface area (Å²) in [6.07, 6.45) is 9.20. The maximum Gasteiger partial charge on any atom is 0.220 e. The van der Waals surface area contributed by atoms with E-state index in [0.717, 1.165) is 44.9 Å². The topological polar surface area (TPSA) is 307 Å². The summed E-state index contributed by atoms with van der Waals surface area (Å²) in [7, 11) is 0. The number of rotatable bonds is 41. The molecule has 12 N–H and O–H groups in total. The molecule has 17 atom stereocenters. The molecule has 0 aliphatic carbocycles. The van der Waals surface area contributed by atoms with E-state index in [2.05, 4.69) is 19.2 Å². The average molecular weight is 1050 g/mol. The number of ether oxygens (including phenoxy) is 6. The van der Waals surface area contributed by atoms with Crippen LogP contribution in [0.5, 0.6) is 0 Å². The summed E-state index contributed by atoms with van der Waals surface area (Å²) in [6.45, 7) is 1.70. The zero-order chi connectivity index (χ0) is 53.4. The molecule has 0 aromatic carbocycles. The fraction of sp³-hybridized carbons (Fsp3) is 0.944. The van der Waals surface area contributed by atoms with Crippen molar-refractivity contribution in [2.75, 3.05) is 26.4 Å². The molecule has 1 amide bonds. The van der Waals surface area contributed by atoms with Crippen molar-refractivity contribution >= 4 is 5.91 Å². The van der Waals surface area contributed by atoms with Gasteiger partial charge < -0.3 is 89.9 Å². The minimum Gasteiger partial charge on any atom is -0.394 e. The summed E-state index contributed by atoms with van der Waals surface area (Å²) in [5, 5.41) is 120. The van der Waals surface area contributed by atoms with Gasteiger partial charge in [0.1, 0.15) is 73.2 Å². The van der Waals surface area contributed by atoms with Crippen LogP contribution in [0, 0.1) is 0 Å². The predicted octanol–water partition coefficient (Wildman–Crippen LogP) is 3.82. The molecule has 3 fully saturated rings. The Balaban J connectivity index is 1.51. The first kappa shape index (κ1) is 65.8. The van der Waals surface area contributed by atoms with E-state index in [1.807, 2.05) is 6.08 Å². The SMILES string of the molecule is CCCCCCCCCCC/C=C/C(O)C(COC1OC(CO)C(OC2OC(CO)C(OC3OC(CO)C(O)C(O)C3O)C(O)C2O)C(O)C1O)NC(=O)CCCCCCCCCCCCCCCCCCC. The fourth-order valence-corrected chi connectivity index (χ4v) is 9.84. The Hall–Kier alpha value is -1.47. The van der Waals surface area contributed by atoms with Gasteiger partial charge in [-0.3, -0.25) is 4.79 Å². The Morgan fingerprint density at radius 2 is 0.849 bits per heavy atom. The van der Waals surface area contributed by atoms with Crippen LogP contribution in [0.1, 0.15) is 194 Å². The lowest BCUT2D eigenvalue weighted by Crippen LogP contribution is -2.66. The summed E-state index contributed by atoms with van der Waals surface area (Å²) >= 11 is 0. The van der Waals surface area contributed by atoms with Crippen molar-refractivity contribution in [1.82, 2.24) is 5.32 Å². The second-order valence-electron chi connectivity index (χ2n) is 20.8. The van der Waals surface area contributed by atoms with Crippen LogP contribution >= 0.6 is 0 Å². The van der Waals surface area contributed by atoms with Crippen LogP contribution in [0.4, 0.5) is 0 Å². The zero-order valence-electron chi connectivity index (χ0n) is 44.4. The lowest BCUT2D eigenvalue weighted by molar-refractivity contribution is -0.379. The van der Waals surface area contributed by atoms with Gasteiger partial charge in [0.2, 0.25) is 5.91 Å². The molecule has 17 unspecified atom stereocenters. The molecule has 0 aromatic heterocycles. The van der Waals surface area contributed by atoms with Gasteiger partial charge in [-0.1, -0.05) is 180 Å². The highest BCUT2D eigenvalue weighted by Gasteiger charge is 2.53. The highest BCUT2D eigenvalue weighted by molar-refractivity contribution is 5.76. The van der Waals surface area contributed by atoms with Gasteiger partial charge in [0.15, 0.2) is 18.9 Å². The van der Waals surface area contributed by atoms with E-state index >= 15 is 0 Å². The van der Waals surface area contributed by atoms with Crippen molar-refractivity contribution in [2.45, 2.75) is 298 Å². The lowest BCUT2D eigenvalue weighted by Gasteiger charge is -2.48. The molecular formula is C54H101NO18. The molecule has 0 aromatic rings. The first-order valence-electron chi connectivity index (χ1n) is 28.4. The van der Waals surface area contributed by atoms with Crippen molar-refractivity contribution in [2.24, 2.45) is 0 Å². The molecule has 3 aliphatic rings. The number of nitrogens with one attached hydrogen (secondary N) is 1. The van der Waals surface area contributed by atoms with Gasteiger partial charge in [0, 0.05) is 6.42 Å². The van der Waals surface area contributed by atoms with Crippen LogP contribution in [-0.2, 0) is 33.2 Å². The van der Waals surface area contributed by atoms with Crippen LogP contribution < -0.4 is 5.32 Å². The molecule has 430 valence electrons. The largest absolute Gasteiger partial charge is 0.394 e. The van der Waals surface area contributed by atoms with E-state index in [4.69, 9.17) is 28.4 Å². The molecule has 3 saturated heterocycles. The van der Waals surface area contributed by atoms with Gasteiger partial charge in [-0.05, 0) is 19.3 Å². The number of aliphatic hydroxyl groups is 11. The Morgan fingerprint density at radius 3 is 1.29 bits per heavy atom. The van der Waals surface area contributed by atoms with E-state index in [0.29, 0.717) is 6.42 Å². The van der Waals surface area contributed by atoms with Crippen molar-refractivity contribution in [3.63, 3.8) is 0 Å². The molecule has 0 spiro atoms. The van der Waals surface area contributed by atoms with Crippen molar-refractivity contribution in [3.05, 3.63) is 12.2 Å². The molecule has 3 heterocycles. The number of unbranched alkanes of at least 4 members (excludes halogenated alkanes) is 25. The van der Waals surface area contributed by atoms with Gasteiger partial charge in [-0.15, -0.1) is 0 Å². The van der Waals surface area contributed by atoms with Crippen molar-refractivity contribution in [3.8, 4) is 0 Å². The summed E-state index contributed by atoms with van der Waals surface area (Å²) in [5.74, 6) is -0.275. The molecule has 73 heavy (non-hydrogen) atoms. The third-order valence-electron chi connectivity index (χ3n) is 14.6. The maximum atomic E-state index is 13.3. The molecular weight excluding hydrogens is 951 g/mol. The molecule has 0 bridgehead atoms. The normalized spacial score (nSPS) is 31.8. The minimum atomic E-state index is -1.97. The monoisotopic (exact) mass is 1050 g/mol. The third-order valence-corrected chi connectivity index (χ3v) is 14.6. The smallest absolute Gasteiger partial charge is 0.220 e. The summed E-state index contributed by atoms with van der Waals surface area (Å²) in [6, 6.07) is -0.965. The van der Waals surface area contributed by atoms with Crippen LogP contribution in [0.2, 0.25) is 0 Å². The summed E-state index contributed by atoms with van der Waals surface area (Å²) < 4.78 is 34.2. The van der Waals surface area contributed by atoms with Crippen molar-refractivity contribution < 1.29 is 89.4 Å². The molecule has 19 nitrogen and oxygen atoms in total. The summed E-state index contributed by atoms with van der Waals surface area (Å²) in [5.41, 5.74) is 0. The third kappa shape index (κ3) is 24.0. The minimum absolute atomic E-state index is 0.248. The van der Waals surface area contributed by atoms with Crippen molar-refractivity contribution in [1.29, 1.82) is 0 Å². The first-order valence-corrected chi connectivity index (χ1v) is 28.4. The number of allylic oxidation sites excluding steroid dienone is 1. The van der Waals surface area contributed by atoms with Gasteiger partial charge in [-0.25, -0.2) is 0 Å². The molecule has 19 heteroatoms. The number of carbonyl (C=O) groups excluding carboxylic acids is 1. The number of hydrogen-bond donors (Lipinski definition) is 12. The summed E-state index contributed by atoms with van der Waals surface area (Å²) in [4.78, 5) is 13.3. The van der Waals surface area contributed by atoms with Crippen LogP contribution in [0.3, 0.4) is 0 Å². The standard InChI is InChI=1S/C54H101NO18/c1-3-5-7-9-11-13-15-16-17-18-19-20-22-24-26-28-30-32-42(60)55-37(38(59)31-29-27-25-23-21-14-12-10-8-6-4-2)36-68-52-48(66)45(63)50(40(34-57)70-52)73-54-49(67)46(64)51(41(35-58)71-54)72-53-47(65)44(62)43(61)39(33-56)69-53/h29,31,37-41,43-54,56-59,61-67H,3-28,30,32-36H2,1-2H3,(H,55,60)/b31-29+. The highest BCUT2D eigenvalue weighted by atomic mass is 16.8. The fourth-order valence-electron chi connectivity index (χ4n) is 9.84. The Bertz CT molecular complexity index is 1400. The van der Waals surface area contributed by atoms with E-state index in [1.165, 1.54) is 122 Å². The van der Waals surface area contributed by atoms with E-state index in [-0.39, 0.29) is 18.9 Å². The van der Waals surface area contributed by atoms with Crippen LogP contribution in [0.15, 0.2) is 12.2 Å². The van der Waals surface area contributed by atoms with E-state index in [1.54, 1.807) is 6.08 Å². The average Bonchev–Trinajstić information content (AvgIpc) is 3.39. The second kappa shape index (κ2) is 39.0. The van der Waals surface area contributed by atoms with E-state index in [9.17, 15) is 61.0 Å². The van der Waals surface area contributed by atoms with Gasteiger partial charge in [0.05, 0.1) is 38.6 Å². The molecule has 3 aliphatic heterocycles. The second-order valence-corrected chi connectivity index (χ2v) is 20.8. The van der Waals surface area contributed by atoms with E-state index < -0.39 is 124 Å². The first-order chi connectivity index (χ1) is 35.3. The molecule has 0 saturated carbocycles. The molecule has 0 radical (unpaired) electrons. The Kier molecular flexibility index (Phi) is 35.1. The highest BCUT2D eigenvalue weighted by Crippen LogP contribution is 2.33. The molecule has 3 rings (SSSR count). The quantitative estimate of drug-likeness (QED) is 0.0306. The lowest BCUT2D eigenvalue weighted by atomic mass is 9.96. The van der Waals surface area contributed by atoms with Crippen LogP contribution in [0.25, 0.3) is 0 Å². The Labute approximate surface area is 436 Å². The predicted molar refractivity (Wildman–Crippen MR) is 273 cm³/mol.